The largest absolute Gasteiger partial charge is 0.494 e. The summed E-state index contributed by atoms with van der Waals surface area (Å²) >= 11 is 0. The third-order valence-electron chi connectivity index (χ3n) is 5.37. The molecule has 0 saturated carbocycles. The van der Waals surface area contributed by atoms with Crippen molar-refractivity contribution in [3.8, 4) is 5.75 Å². The molecule has 1 aromatic heterocycles. The highest BCUT2D eigenvalue weighted by Crippen LogP contribution is 2.18. The summed E-state index contributed by atoms with van der Waals surface area (Å²) in [6.45, 7) is 8.75. The number of carbonyl (C=O) groups excluding carboxylic acids is 2. The van der Waals surface area contributed by atoms with E-state index in [1.165, 1.54) is 12.8 Å². The van der Waals surface area contributed by atoms with Gasteiger partial charge >= 0.3 is 0 Å². The quantitative estimate of drug-likeness (QED) is 0.646. The Hall–Kier alpha value is -3.09. The number of nitrogens with one attached hydrogen (secondary N) is 2. The van der Waals surface area contributed by atoms with Crippen LogP contribution >= 0.6 is 0 Å². The zero-order valence-corrected chi connectivity index (χ0v) is 18.6. The van der Waals surface area contributed by atoms with Crippen molar-refractivity contribution < 1.29 is 14.3 Å². The van der Waals surface area contributed by atoms with Crippen LogP contribution in [0.3, 0.4) is 0 Å². The van der Waals surface area contributed by atoms with Gasteiger partial charge in [0.2, 0.25) is 5.91 Å². The number of anilines is 1. The minimum absolute atomic E-state index is 0.0516. The second-order valence-corrected chi connectivity index (χ2v) is 8.09. The van der Waals surface area contributed by atoms with Gasteiger partial charge in [0.15, 0.2) is 0 Å². The standard InChI is InChI=1S/C24H32N4O3/c1-4-31-20-9-7-19(8-10-20)23(29)27-22(17(2)3)24(30)26-16-18-11-12-25-21(15-18)28-13-5-6-14-28/h7-12,15,17,22H,4-6,13-14,16H2,1-3H3,(H,26,30)(H,27,29). The lowest BCUT2D eigenvalue weighted by molar-refractivity contribution is -0.124. The third kappa shape index (κ3) is 6.20. The van der Waals surface area contributed by atoms with E-state index >= 15 is 0 Å². The van der Waals surface area contributed by atoms with Crippen LogP contribution in [-0.2, 0) is 11.3 Å². The van der Waals surface area contributed by atoms with Crippen LogP contribution in [0.1, 0.15) is 49.5 Å². The van der Waals surface area contributed by atoms with E-state index in [4.69, 9.17) is 4.74 Å². The van der Waals surface area contributed by atoms with Gasteiger partial charge in [-0.2, -0.15) is 0 Å². The maximum Gasteiger partial charge on any atom is 0.251 e. The van der Waals surface area contributed by atoms with Crippen molar-refractivity contribution >= 4 is 17.6 Å². The van der Waals surface area contributed by atoms with Crippen LogP contribution in [0.15, 0.2) is 42.6 Å². The van der Waals surface area contributed by atoms with Crippen molar-refractivity contribution in [2.75, 3.05) is 24.6 Å². The molecule has 7 nitrogen and oxygen atoms in total. The van der Waals surface area contributed by atoms with Crippen LogP contribution in [0.2, 0.25) is 0 Å². The number of hydrogen-bond donors (Lipinski definition) is 2. The van der Waals surface area contributed by atoms with Gasteiger partial charge in [0.05, 0.1) is 6.61 Å². The average Bonchev–Trinajstić information content (AvgIpc) is 3.31. The highest BCUT2D eigenvalue weighted by molar-refractivity contribution is 5.97. The van der Waals surface area contributed by atoms with Gasteiger partial charge in [-0.15, -0.1) is 0 Å². The zero-order chi connectivity index (χ0) is 22.2. The van der Waals surface area contributed by atoms with Gasteiger partial charge in [0, 0.05) is 31.4 Å². The summed E-state index contributed by atoms with van der Waals surface area (Å²) in [6.07, 6.45) is 4.16. The van der Waals surface area contributed by atoms with Gasteiger partial charge in [0.1, 0.15) is 17.6 Å². The van der Waals surface area contributed by atoms with Gasteiger partial charge in [0.25, 0.3) is 5.91 Å². The number of amides is 2. The average molecular weight is 425 g/mol. The summed E-state index contributed by atoms with van der Waals surface area (Å²) in [5.74, 6) is 1.13. The molecule has 1 atom stereocenters. The molecule has 3 rings (SSSR count). The Morgan fingerprint density at radius 3 is 2.48 bits per heavy atom. The Bertz CT molecular complexity index is 877. The summed E-state index contributed by atoms with van der Waals surface area (Å²) in [4.78, 5) is 32.2. The van der Waals surface area contributed by atoms with E-state index < -0.39 is 6.04 Å². The molecule has 1 aliphatic rings. The Kier molecular flexibility index (Phi) is 7.87. The molecule has 31 heavy (non-hydrogen) atoms. The normalized spacial score (nSPS) is 14.4. The zero-order valence-electron chi connectivity index (χ0n) is 18.6. The molecule has 2 amide bonds. The lowest BCUT2D eigenvalue weighted by Crippen LogP contribution is -2.49. The third-order valence-corrected chi connectivity index (χ3v) is 5.37. The summed E-state index contributed by atoms with van der Waals surface area (Å²) in [5.41, 5.74) is 1.48. The number of benzene rings is 1. The Morgan fingerprint density at radius 2 is 1.84 bits per heavy atom. The van der Waals surface area contributed by atoms with E-state index in [0.717, 1.165) is 24.5 Å². The topological polar surface area (TPSA) is 83.6 Å². The van der Waals surface area contributed by atoms with E-state index in [0.29, 0.717) is 24.5 Å². The van der Waals surface area contributed by atoms with Crippen LogP contribution in [-0.4, -0.2) is 42.5 Å². The lowest BCUT2D eigenvalue weighted by atomic mass is 10.0. The van der Waals surface area contributed by atoms with Crippen LogP contribution in [0.5, 0.6) is 5.75 Å². The maximum absolute atomic E-state index is 12.8. The summed E-state index contributed by atoms with van der Waals surface area (Å²) in [5, 5.41) is 5.82. The molecule has 2 heterocycles. The molecule has 7 heteroatoms. The van der Waals surface area contributed by atoms with Crippen LogP contribution in [0.25, 0.3) is 0 Å². The first kappa shape index (κ1) is 22.6. The number of pyridine rings is 1. The number of aromatic nitrogens is 1. The van der Waals surface area contributed by atoms with E-state index in [1.54, 1.807) is 30.5 Å². The molecule has 1 aliphatic heterocycles. The van der Waals surface area contributed by atoms with Crippen molar-refractivity contribution in [1.29, 1.82) is 0 Å². The molecular weight excluding hydrogens is 392 g/mol. The molecular formula is C24H32N4O3. The maximum atomic E-state index is 12.8. The SMILES string of the molecule is CCOc1ccc(C(=O)NC(C(=O)NCc2ccnc(N3CCCC3)c2)C(C)C)cc1. The molecule has 1 unspecified atom stereocenters. The highest BCUT2D eigenvalue weighted by atomic mass is 16.5. The highest BCUT2D eigenvalue weighted by Gasteiger charge is 2.24. The first-order valence-corrected chi connectivity index (χ1v) is 11.0. The fourth-order valence-electron chi connectivity index (χ4n) is 3.62. The molecule has 0 spiro atoms. The number of rotatable bonds is 9. The summed E-state index contributed by atoms with van der Waals surface area (Å²) < 4.78 is 5.41. The van der Waals surface area contributed by atoms with Crippen LogP contribution in [0.4, 0.5) is 5.82 Å². The number of hydrogen-bond acceptors (Lipinski definition) is 5. The molecule has 0 bridgehead atoms. The number of nitrogens with zero attached hydrogens (tertiary/aromatic N) is 2. The van der Waals surface area contributed by atoms with E-state index in [1.807, 2.05) is 32.9 Å². The molecule has 1 aromatic carbocycles. The second kappa shape index (κ2) is 10.8. The predicted molar refractivity (Wildman–Crippen MR) is 121 cm³/mol. The molecule has 166 valence electrons. The molecule has 0 radical (unpaired) electrons. The molecule has 2 N–H and O–H groups in total. The fourth-order valence-corrected chi connectivity index (χ4v) is 3.62. The minimum Gasteiger partial charge on any atom is -0.494 e. The molecule has 1 saturated heterocycles. The Balaban J connectivity index is 1.58. The van der Waals surface area contributed by atoms with Gasteiger partial charge < -0.3 is 20.3 Å². The smallest absolute Gasteiger partial charge is 0.251 e. The molecule has 0 aliphatic carbocycles. The second-order valence-electron chi connectivity index (χ2n) is 8.09. The van der Waals surface area contributed by atoms with Gasteiger partial charge in [-0.25, -0.2) is 4.98 Å². The fraction of sp³-hybridized carbons (Fsp3) is 0.458. The summed E-state index contributed by atoms with van der Waals surface area (Å²) in [6, 6.07) is 10.2. The van der Waals surface area contributed by atoms with Gasteiger partial charge in [-0.3, -0.25) is 9.59 Å². The number of carbonyl (C=O) groups is 2. The first-order chi connectivity index (χ1) is 15.0. The lowest BCUT2D eigenvalue weighted by Gasteiger charge is -2.22. The molecule has 2 aromatic rings. The monoisotopic (exact) mass is 424 g/mol. The first-order valence-electron chi connectivity index (χ1n) is 11.0. The van der Waals surface area contributed by atoms with Crippen molar-refractivity contribution in [2.24, 2.45) is 5.92 Å². The Morgan fingerprint density at radius 1 is 1.13 bits per heavy atom. The predicted octanol–water partition coefficient (Wildman–Crippen LogP) is 3.15. The van der Waals surface area contributed by atoms with E-state index in [2.05, 4.69) is 20.5 Å². The van der Waals surface area contributed by atoms with E-state index in [9.17, 15) is 9.59 Å². The van der Waals surface area contributed by atoms with Crippen molar-refractivity contribution in [3.05, 3.63) is 53.7 Å². The van der Waals surface area contributed by atoms with Crippen LogP contribution in [0, 0.1) is 5.92 Å². The minimum atomic E-state index is -0.626. The van der Waals surface area contributed by atoms with Crippen molar-refractivity contribution in [3.63, 3.8) is 0 Å². The van der Waals surface area contributed by atoms with E-state index in [-0.39, 0.29) is 17.7 Å². The van der Waals surface area contributed by atoms with Gasteiger partial charge in [-0.1, -0.05) is 13.8 Å². The van der Waals surface area contributed by atoms with Crippen molar-refractivity contribution in [2.45, 2.75) is 46.2 Å². The summed E-state index contributed by atoms with van der Waals surface area (Å²) in [7, 11) is 0. The van der Waals surface area contributed by atoms with Crippen LogP contribution < -0.4 is 20.3 Å². The van der Waals surface area contributed by atoms with Gasteiger partial charge in [-0.05, 0) is 67.6 Å². The Labute approximate surface area is 184 Å². The van der Waals surface area contributed by atoms with Crippen molar-refractivity contribution in [1.82, 2.24) is 15.6 Å². The molecule has 1 fully saturated rings. The number of ether oxygens (including phenoxy) is 1.